The van der Waals surface area contributed by atoms with Gasteiger partial charge in [-0.25, -0.2) is 9.98 Å². The van der Waals surface area contributed by atoms with Crippen LogP contribution in [0.3, 0.4) is 0 Å². The maximum absolute atomic E-state index is 5.38. The zero-order valence-electron chi connectivity index (χ0n) is 16.2. The van der Waals surface area contributed by atoms with Gasteiger partial charge in [0, 0.05) is 24.6 Å². The molecule has 0 unspecified atom stereocenters. The number of hydrogen-bond donors (Lipinski definition) is 2. The Morgan fingerprint density at radius 1 is 1.22 bits per heavy atom. The number of halogens is 1. The van der Waals surface area contributed by atoms with E-state index in [4.69, 9.17) is 14.5 Å². The number of hydrogen-bond acceptors (Lipinski definition) is 5. The molecular formula is C19H29IN4O2S. The normalized spacial score (nSPS) is 11.0. The van der Waals surface area contributed by atoms with Crippen LogP contribution in [0, 0.1) is 6.92 Å². The minimum absolute atomic E-state index is 0. The number of ether oxygens (including phenoxy) is 2. The second kappa shape index (κ2) is 13.7. The summed E-state index contributed by atoms with van der Waals surface area (Å²) < 4.78 is 10.6. The van der Waals surface area contributed by atoms with E-state index in [-0.39, 0.29) is 24.0 Å². The third-order valence-corrected chi connectivity index (χ3v) is 4.74. The van der Waals surface area contributed by atoms with E-state index < -0.39 is 0 Å². The number of aliphatic imine (C=N–C) groups is 1. The predicted octanol–water partition coefficient (Wildman–Crippen LogP) is 3.74. The quantitative estimate of drug-likeness (QED) is 0.223. The highest BCUT2D eigenvalue weighted by atomic mass is 127. The van der Waals surface area contributed by atoms with Crippen molar-refractivity contribution in [3.8, 4) is 5.75 Å². The zero-order chi connectivity index (χ0) is 18.6. The van der Waals surface area contributed by atoms with E-state index in [1.54, 1.807) is 18.4 Å². The van der Waals surface area contributed by atoms with Crippen LogP contribution in [0.4, 0.5) is 0 Å². The Bertz CT molecular complexity index is 677. The van der Waals surface area contributed by atoms with Gasteiger partial charge in [0.05, 0.1) is 31.4 Å². The summed E-state index contributed by atoms with van der Waals surface area (Å²) in [7, 11) is 1.67. The molecule has 0 aliphatic heterocycles. The molecule has 8 heteroatoms. The van der Waals surface area contributed by atoms with Crippen molar-refractivity contribution in [1.82, 2.24) is 15.6 Å². The lowest BCUT2D eigenvalue weighted by Gasteiger charge is -2.12. The number of thiazole rings is 1. The molecule has 0 bridgehead atoms. The van der Waals surface area contributed by atoms with Gasteiger partial charge in [0.2, 0.25) is 0 Å². The number of nitrogens with zero attached hydrogens (tertiary/aromatic N) is 2. The van der Waals surface area contributed by atoms with Gasteiger partial charge in [-0.2, -0.15) is 0 Å². The van der Waals surface area contributed by atoms with Crippen molar-refractivity contribution < 1.29 is 9.47 Å². The molecule has 1 aromatic carbocycles. The monoisotopic (exact) mass is 504 g/mol. The molecule has 0 aliphatic carbocycles. The smallest absolute Gasteiger partial charge is 0.191 e. The molecule has 150 valence electrons. The van der Waals surface area contributed by atoms with Gasteiger partial charge in [-0.05, 0) is 38.0 Å². The van der Waals surface area contributed by atoms with Crippen LogP contribution in [0.15, 0.2) is 34.8 Å². The summed E-state index contributed by atoms with van der Waals surface area (Å²) in [6.07, 6.45) is 0.941. The topological polar surface area (TPSA) is 67.8 Å². The first kappa shape index (κ1) is 23.6. The van der Waals surface area contributed by atoms with Crippen LogP contribution in [-0.2, 0) is 17.8 Å². The Morgan fingerprint density at radius 2 is 2.00 bits per heavy atom. The van der Waals surface area contributed by atoms with E-state index in [9.17, 15) is 0 Å². The van der Waals surface area contributed by atoms with Gasteiger partial charge in [-0.3, -0.25) is 0 Å². The van der Waals surface area contributed by atoms with E-state index in [1.165, 1.54) is 4.88 Å². The molecular weight excluding hydrogens is 475 g/mol. The van der Waals surface area contributed by atoms with Crippen molar-refractivity contribution in [2.24, 2.45) is 4.99 Å². The summed E-state index contributed by atoms with van der Waals surface area (Å²) in [5.74, 6) is 1.65. The van der Waals surface area contributed by atoms with Gasteiger partial charge in [-0.15, -0.1) is 35.3 Å². The number of aryl methyl sites for hydroxylation is 1. The highest BCUT2D eigenvalue weighted by Gasteiger charge is 2.04. The van der Waals surface area contributed by atoms with Gasteiger partial charge in [-0.1, -0.05) is 12.1 Å². The standard InChI is InChI=1S/C19H28N4O2S.HI/c1-4-25-11-5-10-20-19(22-13-18-15(2)23-14-26-18)21-12-16-6-8-17(24-3)9-7-16;/h6-9,14H,4-5,10-13H2,1-3H3,(H2,20,21,22);1H. The molecule has 2 rings (SSSR count). The molecule has 0 saturated carbocycles. The molecule has 0 amide bonds. The Labute approximate surface area is 182 Å². The third-order valence-electron chi connectivity index (χ3n) is 3.80. The first-order valence-electron chi connectivity index (χ1n) is 8.84. The van der Waals surface area contributed by atoms with E-state index in [0.29, 0.717) is 6.54 Å². The maximum Gasteiger partial charge on any atom is 0.191 e. The number of rotatable bonds is 10. The number of methoxy groups -OCH3 is 1. The average molecular weight is 504 g/mol. The van der Waals surface area contributed by atoms with E-state index in [0.717, 1.165) is 55.7 Å². The molecule has 1 heterocycles. The van der Waals surface area contributed by atoms with Gasteiger partial charge < -0.3 is 20.1 Å². The fourth-order valence-corrected chi connectivity index (χ4v) is 2.98. The summed E-state index contributed by atoms with van der Waals surface area (Å²) in [6.45, 7) is 7.68. The zero-order valence-corrected chi connectivity index (χ0v) is 19.3. The van der Waals surface area contributed by atoms with Crippen LogP contribution in [0.2, 0.25) is 0 Å². The van der Waals surface area contributed by atoms with Gasteiger partial charge in [0.25, 0.3) is 0 Å². The fourth-order valence-electron chi connectivity index (χ4n) is 2.26. The molecule has 0 atom stereocenters. The van der Waals surface area contributed by atoms with Crippen LogP contribution in [0.25, 0.3) is 0 Å². The van der Waals surface area contributed by atoms with Crippen LogP contribution < -0.4 is 15.4 Å². The summed E-state index contributed by atoms with van der Waals surface area (Å²) in [5.41, 5.74) is 4.07. The molecule has 0 saturated heterocycles. The maximum atomic E-state index is 5.38. The molecule has 27 heavy (non-hydrogen) atoms. The van der Waals surface area contributed by atoms with Crippen LogP contribution in [0.1, 0.15) is 29.5 Å². The number of aromatic nitrogens is 1. The van der Waals surface area contributed by atoms with Gasteiger partial charge >= 0.3 is 0 Å². The number of benzene rings is 1. The third kappa shape index (κ3) is 8.89. The second-order valence-corrected chi connectivity index (χ2v) is 6.64. The highest BCUT2D eigenvalue weighted by molar-refractivity contribution is 14.0. The van der Waals surface area contributed by atoms with Gasteiger partial charge in [0.15, 0.2) is 5.96 Å². The Hall–Kier alpha value is -1.39. The van der Waals surface area contributed by atoms with Crippen molar-refractivity contribution in [2.75, 3.05) is 26.9 Å². The van der Waals surface area contributed by atoms with Crippen molar-refractivity contribution in [3.05, 3.63) is 45.9 Å². The molecule has 1 aromatic heterocycles. The van der Waals surface area contributed by atoms with E-state index in [1.807, 2.05) is 43.6 Å². The molecule has 6 nitrogen and oxygen atoms in total. The lowest BCUT2D eigenvalue weighted by Crippen LogP contribution is -2.37. The molecule has 2 N–H and O–H groups in total. The van der Waals surface area contributed by atoms with Crippen molar-refractivity contribution in [3.63, 3.8) is 0 Å². The lowest BCUT2D eigenvalue weighted by atomic mass is 10.2. The van der Waals surface area contributed by atoms with E-state index in [2.05, 4.69) is 15.6 Å². The number of guanidine groups is 1. The van der Waals surface area contributed by atoms with Crippen molar-refractivity contribution >= 4 is 41.3 Å². The van der Waals surface area contributed by atoms with Crippen LogP contribution in [-0.4, -0.2) is 37.8 Å². The Morgan fingerprint density at radius 3 is 2.63 bits per heavy atom. The molecule has 0 fully saturated rings. The largest absolute Gasteiger partial charge is 0.497 e. The molecule has 0 radical (unpaired) electrons. The minimum Gasteiger partial charge on any atom is -0.497 e. The lowest BCUT2D eigenvalue weighted by molar-refractivity contribution is 0.145. The van der Waals surface area contributed by atoms with Crippen molar-refractivity contribution in [1.29, 1.82) is 0 Å². The van der Waals surface area contributed by atoms with Crippen molar-refractivity contribution in [2.45, 2.75) is 33.4 Å². The first-order valence-corrected chi connectivity index (χ1v) is 9.72. The Kier molecular flexibility index (Phi) is 12.0. The summed E-state index contributed by atoms with van der Waals surface area (Å²) >= 11 is 1.65. The van der Waals surface area contributed by atoms with E-state index >= 15 is 0 Å². The molecule has 2 aromatic rings. The average Bonchev–Trinajstić information content (AvgIpc) is 3.08. The highest BCUT2D eigenvalue weighted by Crippen LogP contribution is 2.12. The Balaban J connectivity index is 0.00000364. The SMILES string of the molecule is CCOCCCNC(=NCc1ccc(OC)cc1)NCc1scnc1C.I. The molecule has 0 aliphatic rings. The fraction of sp³-hybridized carbons (Fsp3) is 0.474. The summed E-state index contributed by atoms with van der Waals surface area (Å²) in [6, 6.07) is 7.97. The first-order chi connectivity index (χ1) is 12.7. The minimum atomic E-state index is 0. The predicted molar refractivity (Wildman–Crippen MR) is 122 cm³/mol. The second-order valence-electron chi connectivity index (χ2n) is 5.70. The summed E-state index contributed by atoms with van der Waals surface area (Å²) in [5, 5.41) is 6.76. The number of nitrogens with one attached hydrogen (secondary N) is 2. The summed E-state index contributed by atoms with van der Waals surface area (Å²) in [4.78, 5) is 10.2. The van der Waals surface area contributed by atoms with Crippen LogP contribution in [0.5, 0.6) is 5.75 Å². The molecule has 0 spiro atoms. The van der Waals surface area contributed by atoms with Gasteiger partial charge in [0.1, 0.15) is 5.75 Å². The van der Waals surface area contributed by atoms with Crippen LogP contribution >= 0.6 is 35.3 Å².